The van der Waals surface area contributed by atoms with Crippen LogP contribution in [0.5, 0.6) is 0 Å². The van der Waals surface area contributed by atoms with Crippen LogP contribution in [-0.4, -0.2) is 48.4 Å². The fourth-order valence-electron chi connectivity index (χ4n) is 2.97. The van der Waals surface area contributed by atoms with Crippen LogP contribution in [0.15, 0.2) is 42.5 Å². The van der Waals surface area contributed by atoms with Gasteiger partial charge in [-0.1, -0.05) is 37.3 Å². The monoisotopic (exact) mass is 402 g/mol. The van der Waals surface area contributed by atoms with Crippen LogP contribution in [0.25, 0.3) is 0 Å². The van der Waals surface area contributed by atoms with Gasteiger partial charge in [-0.05, 0) is 31.0 Å². The van der Waals surface area contributed by atoms with Crippen molar-refractivity contribution in [2.45, 2.75) is 39.8 Å². The summed E-state index contributed by atoms with van der Waals surface area (Å²) < 4.78 is 5.09. The first-order chi connectivity index (χ1) is 13.5. The molecule has 2 aromatic rings. The van der Waals surface area contributed by atoms with E-state index in [-0.39, 0.29) is 18.4 Å². The lowest BCUT2D eigenvalue weighted by Gasteiger charge is -2.27. The van der Waals surface area contributed by atoms with Gasteiger partial charge < -0.3 is 14.5 Å². The van der Waals surface area contributed by atoms with Crippen LogP contribution < -0.4 is 0 Å². The summed E-state index contributed by atoms with van der Waals surface area (Å²) in [5.74, 6) is -0.0368. The van der Waals surface area contributed by atoms with E-state index in [1.54, 1.807) is 23.3 Å². The highest BCUT2D eigenvalue weighted by Gasteiger charge is 2.21. The summed E-state index contributed by atoms with van der Waals surface area (Å²) in [6.45, 7) is 6.18. The Kier molecular flexibility index (Phi) is 9.17. The van der Waals surface area contributed by atoms with Gasteiger partial charge in [0.05, 0.1) is 13.1 Å². The average Bonchev–Trinajstić information content (AvgIpc) is 3.11. The van der Waals surface area contributed by atoms with Crippen molar-refractivity contribution in [3.63, 3.8) is 0 Å². The molecule has 0 fully saturated rings. The van der Waals surface area contributed by atoms with E-state index in [1.165, 1.54) is 4.88 Å². The minimum Gasteiger partial charge on any atom is -0.385 e. The molecule has 0 aliphatic carbocycles. The van der Waals surface area contributed by atoms with Gasteiger partial charge >= 0.3 is 0 Å². The number of methoxy groups -OCH3 is 1. The number of carbonyl (C=O) groups is 2. The molecule has 1 aromatic heterocycles. The Hall–Kier alpha value is -2.18. The van der Waals surface area contributed by atoms with E-state index < -0.39 is 0 Å². The van der Waals surface area contributed by atoms with Crippen molar-refractivity contribution in [2.24, 2.45) is 0 Å². The van der Waals surface area contributed by atoms with Crippen LogP contribution >= 0.6 is 11.3 Å². The highest BCUT2D eigenvalue weighted by atomic mass is 32.1. The maximum absolute atomic E-state index is 13.1. The molecule has 1 aromatic carbocycles. The molecule has 0 atom stereocenters. The molecule has 2 amide bonds. The third-order valence-electron chi connectivity index (χ3n) is 4.47. The van der Waals surface area contributed by atoms with Crippen molar-refractivity contribution < 1.29 is 14.3 Å². The number of amides is 2. The second-order valence-corrected chi connectivity index (χ2v) is 8.14. The summed E-state index contributed by atoms with van der Waals surface area (Å²) in [6, 6.07) is 14.1. The van der Waals surface area contributed by atoms with Crippen molar-refractivity contribution in [3.8, 4) is 0 Å². The van der Waals surface area contributed by atoms with E-state index in [4.69, 9.17) is 4.74 Å². The quantitative estimate of drug-likeness (QED) is 0.536. The molecule has 0 unspecified atom stereocenters. The molecule has 0 aliphatic rings. The fraction of sp³-hybridized carbons (Fsp3) is 0.455. The highest BCUT2D eigenvalue weighted by molar-refractivity contribution is 7.11. The maximum Gasteiger partial charge on any atom is 0.242 e. The van der Waals surface area contributed by atoms with E-state index in [1.807, 2.05) is 42.2 Å². The minimum absolute atomic E-state index is 0.00363. The average molecular weight is 403 g/mol. The molecule has 28 heavy (non-hydrogen) atoms. The molecule has 0 saturated heterocycles. The molecule has 0 aliphatic heterocycles. The summed E-state index contributed by atoms with van der Waals surface area (Å²) >= 11 is 1.70. The van der Waals surface area contributed by atoms with Gasteiger partial charge in [0.1, 0.15) is 0 Å². The first kappa shape index (κ1) is 22.1. The lowest BCUT2D eigenvalue weighted by atomic mass is 10.2. The summed E-state index contributed by atoms with van der Waals surface area (Å²) in [7, 11) is 1.64. The minimum atomic E-state index is -0.0332. The molecule has 0 saturated carbocycles. The fourth-order valence-corrected chi connectivity index (χ4v) is 3.88. The molecule has 0 N–H and O–H groups in total. The predicted octanol–water partition coefficient (Wildman–Crippen LogP) is 3.86. The Morgan fingerprint density at radius 3 is 2.36 bits per heavy atom. The molecule has 2 rings (SSSR count). The molecule has 0 spiro atoms. The topological polar surface area (TPSA) is 49.9 Å². The molecule has 5 nitrogen and oxygen atoms in total. The van der Waals surface area contributed by atoms with Gasteiger partial charge in [-0.2, -0.15) is 0 Å². The van der Waals surface area contributed by atoms with Crippen LogP contribution in [0, 0.1) is 6.92 Å². The van der Waals surface area contributed by atoms with Crippen LogP contribution in [-0.2, 0) is 27.4 Å². The third-order valence-corrected chi connectivity index (χ3v) is 5.45. The number of hydrogen-bond donors (Lipinski definition) is 0. The molecular formula is C22H30N2O3S. The highest BCUT2D eigenvalue weighted by Crippen LogP contribution is 2.19. The number of nitrogens with zero attached hydrogens (tertiary/aromatic N) is 2. The van der Waals surface area contributed by atoms with Crippen LogP contribution in [0.2, 0.25) is 0 Å². The second-order valence-electron chi connectivity index (χ2n) is 6.76. The lowest BCUT2D eigenvalue weighted by Crippen LogP contribution is -2.42. The van der Waals surface area contributed by atoms with Crippen LogP contribution in [0.3, 0.4) is 0 Å². The Morgan fingerprint density at radius 1 is 1.00 bits per heavy atom. The van der Waals surface area contributed by atoms with Crippen LogP contribution in [0.1, 0.15) is 35.1 Å². The summed E-state index contributed by atoms with van der Waals surface area (Å²) in [4.78, 5) is 31.3. The first-order valence-corrected chi connectivity index (χ1v) is 10.5. The molecule has 6 heteroatoms. The summed E-state index contributed by atoms with van der Waals surface area (Å²) in [5, 5.41) is 0. The SMILES string of the molecule is CCC(=O)N(CCCOC)CC(=O)N(Cc1ccccc1)Cc1ccc(C)s1. The van der Waals surface area contributed by atoms with Gasteiger partial charge in [0.15, 0.2) is 0 Å². The van der Waals surface area contributed by atoms with Crippen LogP contribution in [0.4, 0.5) is 0 Å². The number of thiophene rings is 1. The Labute approximate surface area is 171 Å². The zero-order valence-electron chi connectivity index (χ0n) is 17.0. The number of hydrogen-bond acceptors (Lipinski definition) is 4. The Bertz CT molecular complexity index is 745. The summed E-state index contributed by atoms with van der Waals surface area (Å²) in [6.07, 6.45) is 1.11. The van der Waals surface area contributed by atoms with Gasteiger partial charge in [-0.15, -0.1) is 11.3 Å². The maximum atomic E-state index is 13.1. The Balaban J connectivity index is 2.12. The number of benzene rings is 1. The van der Waals surface area contributed by atoms with E-state index in [2.05, 4.69) is 19.1 Å². The smallest absolute Gasteiger partial charge is 0.242 e. The second kappa shape index (κ2) is 11.6. The van der Waals surface area contributed by atoms with Gasteiger partial charge in [0.25, 0.3) is 0 Å². The zero-order valence-corrected chi connectivity index (χ0v) is 17.8. The standard InChI is InChI=1S/C22H30N2O3S/c1-4-21(25)23(13-8-14-27-3)17-22(26)24(15-19-9-6-5-7-10-19)16-20-12-11-18(2)28-20/h5-7,9-12H,4,8,13-17H2,1-3H3. The van der Waals surface area contributed by atoms with Gasteiger partial charge in [0, 0.05) is 43.0 Å². The first-order valence-electron chi connectivity index (χ1n) is 9.67. The summed E-state index contributed by atoms with van der Waals surface area (Å²) in [5.41, 5.74) is 1.08. The van der Waals surface area contributed by atoms with Gasteiger partial charge in [-0.25, -0.2) is 0 Å². The number of rotatable bonds is 11. The van der Waals surface area contributed by atoms with Crippen molar-refractivity contribution in [2.75, 3.05) is 26.8 Å². The van der Waals surface area contributed by atoms with Gasteiger partial charge in [-0.3, -0.25) is 9.59 Å². The van der Waals surface area contributed by atoms with E-state index in [0.717, 1.165) is 16.9 Å². The molecule has 1 heterocycles. The molecular weight excluding hydrogens is 372 g/mol. The van der Waals surface area contributed by atoms with Crippen molar-refractivity contribution >= 4 is 23.2 Å². The largest absolute Gasteiger partial charge is 0.385 e. The predicted molar refractivity (Wildman–Crippen MR) is 113 cm³/mol. The zero-order chi connectivity index (χ0) is 20.4. The number of aryl methyl sites for hydroxylation is 1. The van der Waals surface area contributed by atoms with Crippen molar-refractivity contribution in [3.05, 3.63) is 57.8 Å². The van der Waals surface area contributed by atoms with E-state index in [9.17, 15) is 9.59 Å². The number of ether oxygens (including phenoxy) is 1. The van der Waals surface area contributed by atoms with E-state index in [0.29, 0.717) is 32.7 Å². The molecule has 152 valence electrons. The van der Waals surface area contributed by atoms with E-state index >= 15 is 0 Å². The normalized spacial score (nSPS) is 10.7. The molecule has 0 bridgehead atoms. The van der Waals surface area contributed by atoms with Crippen molar-refractivity contribution in [1.82, 2.24) is 9.80 Å². The van der Waals surface area contributed by atoms with Gasteiger partial charge in [0.2, 0.25) is 11.8 Å². The Morgan fingerprint density at radius 2 is 1.75 bits per heavy atom. The number of carbonyl (C=O) groups excluding carboxylic acids is 2. The molecule has 0 radical (unpaired) electrons. The third kappa shape index (κ3) is 7.09. The lowest BCUT2D eigenvalue weighted by molar-refractivity contribution is -0.141. The van der Waals surface area contributed by atoms with Crippen molar-refractivity contribution in [1.29, 1.82) is 0 Å².